The third kappa shape index (κ3) is 2.94. The summed E-state index contributed by atoms with van der Waals surface area (Å²) >= 11 is 0. The molecule has 0 radical (unpaired) electrons. The van der Waals surface area contributed by atoms with Gasteiger partial charge in [0.15, 0.2) is 5.65 Å². The van der Waals surface area contributed by atoms with Gasteiger partial charge in [0.2, 0.25) is 10.0 Å². The molecule has 3 heterocycles. The molecular weight excluding hydrogens is 354 g/mol. The summed E-state index contributed by atoms with van der Waals surface area (Å²) in [4.78, 5) is 8.97. The lowest BCUT2D eigenvalue weighted by atomic mass is 10.2. The lowest BCUT2D eigenvalue weighted by Gasteiger charge is -2.25. The molecule has 1 unspecified atom stereocenters. The molecule has 8 nitrogen and oxygen atoms in total. The number of nitriles is 1. The van der Waals surface area contributed by atoms with Crippen LogP contribution in [0.2, 0.25) is 0 Å². The first-order valence-corrected chi connectivity index (χ1v) is 9.46. The van der Waals surface area contributed by atoms with Crippen LogP contribution in [0.1, 0.15) is 17.4 Å². The van der Waals surface area contributed by atoms with E-state index in [0.717, 1.165) is 11.3 Å². The molecule has 132 valence electrons. The van der Waals surface area contributed by atoms with E-state index in [1.807, 2.05) is 22.8 Å². The van der Waals surface area contributed by atoms with Crippen LogP contribution in [0.15, 0.2) is 47.5 Å². The van der Waals surface area contributed by atoms with Crippen LogP contribution < -0.4 is 4.72 Å². The van der Waals surface area contributed by atoms with Crippen LogP contribution in [0.4, 0.5) is 0 Å². The molecule has 1 aliphatic heterocycles. The highest BCUT2D eigenvalue weighted by molar-refractivity contribution is 7.89. The first kappa shape index (κ1) is 16.7. The average Bonchev–Trinajstić information content (AvgIpc) is 3.05. The first-order valence-electron chi connectivity index (χ1n) is 7.98. The van der Waals surface area contributed by atoms with Crippen molar-refractivity contribution in [2.45, 2.75) is 17.5 Å². The van der Waals surface area contributed by atoms with Crippen LogP contribution in [0.5, 0.6) is 0 Å². The zero-order chi connectivity index (χ0) is 18.1. The summed E-state index contributed by atoms with van der Waals surface area (Å²) in [5, 5.41) is 8.82. The third-order valence-corrected chi connectivity index (χ3v) is 5.67. The van der Waals surface area contributed by atoms with Crippen LogP contribution in [-0.4, -0.2) is 36.1 Å². The molecule has 0 fully saturated rings. The average molecular weight is 369 g/mol. The van der Waals surface area contributed by atoms with Crippen molar-refractivity contribution in [2.24, 2.45) is 0 Å². The van der Waals surface area contributed by atoms with Crippen molar-refractivity contribution in [1.29, 1.82) is 5.26 Å². The van der Waals surface area contributed by atoms with Gasteiger partial charge in [-0.05, 0) is 36.4 Å². The summed E-state index contributed by atoms with van der Waals surface area (Å²) in [5.41, 5.74) is 1.88. The first-order chi connectivity index (χ1) is 12.6. The summed E-state index contributed by atoms with van der Waals surface area (Å²) in [6.07, 6.45) is 1.69. The van der Waals surface area contributed by atoms with Crippen molar-refractivity contribution >= 4 is 21.2 Å². The molecule has 0 amide bonds. The molecule has 4 rings (SSSR count). The molecule has 1 aliphatic rings. The molecular formula is C17H15N5O3S. The zero-order valence-electron chi connectivity index (χ0n) is 13.7. The molecule has 0 saturated carbocycles. The van der Waals surface area contributed by atoms with Gasteiger partial charge >= 0.3 is 0 Å². The summed E-state index contributed by atoms with van der Waals surface area (Å²) in [5.74, 6) is 0.729. The standard InChI is InChI=1S/C17H15N5O3S/c18-8-12-3-5-14(6-4-12)26(23,24)20-9-13-10-25-11-16-21-15-2-1-7-19-17(15)22(13)16/h1-7,13,20H,9-11H2. The normalized spacial score (nSPS) is 17.0. The largest absolute Gasteiger partial charge is 0.371 e. The predicted octanol–water partition coefficient (Wildman–Crippen LogP) is 1.35. The number of aromatic nitrogens is 3. The van der Waals surface area contributed by atoms with Gasteiger partial charge in [-0.15, -0.1) is 0 Å². The van der Waals surface area contributed by atoms with E-state index >= 15 is 0 Å². The van der Waals surface area contributed by atoms with Gasteiger partial charge in [-0.3, -0.25) is 0 Å². The van der Waals surface area contributed by atoms with Crippen molar-refractivity contribution in [3.8, 4) is 6.07 Å². The van der Waals surface area contributed by atoms with Crippen molar-refractivity contribution in [2.75, 3.05) is 13.2 Å². The number of sulfonamides is 1. The van der Waals surface area contributed by atoms with E-state index in [0.29, 0.717) is 24.4 Å². The van der Waals surface area contributed by atoms with Crippen LogP contribution in [0.3, 0.4) is 0 Å². The second-order valence-electron chi connectivity index (χ2n) is 5.90. The number of nitrogens with zero attached hydrogens (tertiary/aromatic N) is 4. The fourth-order valence-electron chi connectivity index (χ4n) is 2.97. The van der Waals surface area contributed by atoms with E-state index in [4.69, 9.17) is 10.00 Å². The Balaban J connectivity index is 1.58. The highest BCUT2D eigenvalue weighted by atomic mass is 32.2. The molecule has 1 atom stereocenters. The maximum atomic E-state index is 12.5. The second kappa shape index (κ2) is 6.49. The molecule has 0 saturated heterocycles. The molecule has 0 bridgehead atoms. The Morgan fingerprint density at radius 3 is 2.88 bits per heavy atom. The molecule has 0 aliphatic carbocycles. The number of imidazole rings is 1. The summed E-state index contributed by atoms with van der Waals surface area (Å²) in [6, 6.07) is 11.2. The van der Waals surface area contributed by atoms with Crippen LogP contribution in [-0.2, 0) is 21.4 Å². The Morgan fingerprint density at radius 2 is 2.12 bits per heavy atom. The second-order valence-corrected chi connectivity index (χ2v) is 7.67. The minimum atomic E-state index is -3.69. The molecule has 2 aromatic heterocycles. The van der Waals surface area contributed by atoms with Crippen molar-refractivity contribution in [3.05, 3.63) is 54.0 Å². The highest BCUT2D eigenvalue weighted by Crippen LogP contribution is 2.24. The van der Waals surface area contributed by atoms with Crippen LogP contribution >= 0.6 is 0 Å². The van der Waals surface area contributed by atoms with Gasteiger partial charge in [-0.1, -0.05) is 0 Å². The quantitative estimate of drug-likeness (QED) is 0.743. The van der Waals surface area contributed by atoms with Gasteiger partial charge in [-0.25, -0.2) is 23.1 Å². The number of nitrogens with one attached hydrogen (secondary N) is 1. The molecule has 1 aromatic carbocycles. The summed E-state index contributed by atoms with van der Waals surface area (Å²) in [7, 11) is -3.69. The van der Waals surface area contributed by atoms with E-state index < -0.39 is 10.0 Å². The maximum absolute atomic E-state index is 12.5. The van der Waals surface area contributed by atoms with E-state index in [1.165, 1.54) is 24.3 Å². The molecule has 26 heavy (non-hydrogen) atoms. The van der Waals surface area contributed by atoms with Crippen molar-refractivity contribution in [3.63, 3.8) is 0 Å². The Hall–Kier alpha value is -2.80. The molecule has 1 N–H and O–H groups in total. The van der Waals surface area contributed by atoms with E-state index in [1.54, 1.807) is 6.20 Å². The smallest absolute Gasteiger partial charge is 0.240 e. The minimum Gasteiger partial charge on any atom is -0.371 e. The van der Waals surface area contributed by atoms with Gasteiger partial charge < -0.3 is 9.30 Å². The Morgan fingerprint density at radius 1 is 1.31 bits per heavy atom. The Bertz CT molecular complexity index is 1100. The topological polar surface area (TPSA) is 110 Å². The Kier molecular flexibility index (Phi) is 4.16. The number of rotatable bonds is 4. The monoisotopic (exact) mass is 369 g/mol. The van der Waals surface area contributed by atoms with E-state index in [2.05, 4.69) is 14.7 Å². The SMILES string of the molecule is N#Cc1ccc(S(=O)(=O)NCC2COCc3nc4cccnc4n32)cc1. The fourth-order valence-corrected chi connectivity index (χ4v) is 4.04. The summed E-state index contributed by atoms with van der Waals surface area (Å²) < 4.78 is 35.1. The predicted molar refractivity (Wildman–Crippen MR) is 92.6 cm³/mol. The number of benzene rings is 1. The van der Waals surface area contributed by atoms with E-state index in [9.17, 15) is 8.42 Å². The van der Waals surface area contributed by atoms with Gasteiger partial charge in [0.1, 0.15) is 17.9 Å². The zero-order valence-corrected chi connectivity index (χ0v) is 14.5. The maximum Gasteiger partial charge on any atom is 0.240 e. The van der Waals surface area contributed by atoms with Crippen molar-refractivity contribution < 1.29 is 13.2 Å². The van der Waals surface area contributed by atoms with E-state index in [-0.39, 0.29) is 17.5 Å². The minimum absolute atomic E-state index is 0.113. The Labute approximate surface area is 150 Å². The van der Waals surface area contributed by atoms with Crippen LogP contribution in [0, 0.1) is 11.3 Å². The lowest BCUT2D eigenvalue weighted by molar-refractivity contribution is 0.0578. The molecule has 3 aromatic rings. The summed E-state index contributed by atoms with van der Waals surface area (Å²) in [6.45, 7) is 0.886. The van der Waals surface area contributed by atoms with Crippen LogP contribution in [0.25, 0.3) is 11.2 Å². The number of hydrogen-bond acceptors (Lipinski definition) is 6. The van der Waals surface area contributed by atoms with Gasteiger partial charge in [0.25, 0.3) is 0 Å². The van der Waals surface area contributed by atoms with Gasteiger partial charge in [-0.2, -0.15) is 5.26 Å². The number of fused-ring (bicyclic) bond motifs is 3. The lowest BCUT2D eigenvalue weighted by Crippen LogP contribution is -2.35. The molecule has 0 spiro atoms. The van der Waals surface area contributed by atoms with Crippen molar-refractivity contribution in [1.82, 2.24) is 19.3 Å². The number of ether oxygens (including phenoxy) is 1. The van der Waals surface area contributed by atoms with Gasteiger partial charge in [0.05, 0.1) is 29.2 Å². The number of hydrogen-bond donors (Lipinski definition) is 1. The third-order valence-electron chi connectivity index (χ3n) is 4.23. The van der Waals surface area contributed by atoms with Gasteiger partial charge in [0, 0.05) is 12.7 Å². The number of pyridine rings is 1. The molecule has 9 heteroatoms. The fraction of sp³-hybridized carbons (Fsp3) is 0.235. The highest BCUT2D eigenvalue weighted by Gasteiger charge is 2.26.